The molecular formula is C18H16ClNO. The Kier molecular flexibility index (Phi) is 4.27. The maximum absolute atomic E-state index is 5.85. The summed E-state index contributed by atoms with van der Waals surface area (Å²) in [5.74, 6) is 0.895. The van der Waals surface area contributed by atoms with Gasteiger partial charge in [0.2, 0.25) is 0 Å². The molecule has 0 saturated heterocycles. The van der Waals surface area contributed by atoms with E-state index in [4.69, 9.17) is 16.3 Å². The first kappa shape index (κ1) is 13.8. The second-order valence-electron chi connectivity index (χ2n) is 4.79. The molecule has 0 aliphatic carbocycles. The van der Waals surface area contributed by atoms with E-state index in [9.17, 15) is 0 Å². The zero-order valence-electron chi connectivity index (χ0n) is 11.6. The molecule has 0 heterocycles. The first-order valence-electron chi connectivity index (χ1n) is 6.92. The van der Waals surface area contributed by atoms with Gasteiger partial charge in [-0.25, -0.2) is 0 Å². The molecule has 0 aliphatic rings. The molecule has 0 unspecified atom stereocenters. The van der Waals surface area contributed by atoms with Crippen LogP contribution in [0.25, 0.3) is 10.8 Å². The first-order valence-corrected chi connectivity index (χ1v) is 7.30. The number of hydrogen-bond donors (Lipinski definition) is 1. The molecule has 3 aromatic carbocycles. The molecule has 0 aromatic heterocycles. The molecule has 2 nitrogen and oxygen atoms in total. The summed E-state index contributed by atoms with van der Waals surface area (Å²) < 4.78 is 5.77. The highest BCUT2D eigenvalue weighted by atomic mass is 35.5. The fourth-order valence-corrected chi connectivity index (χ4v) is 2.32. The number of anilines is 1. The molecule has 0 atom stereocenters. The topological polar surface area (TPSA) is 21.3 Å². The summed E-state index contributed by atoms with van der Waals surface area (Å²) in [5, 5.41) is 6.46. The first-order chi connectivity index (χ1) is 10.3. The van der Waals surface area contributed by atoms with Gasteiger partial charge in [-0.15, -0.1) is 0 Å². The molecule has 0 radical (unpaired) electrons. The highest BCUT2D eigenvalue weighted by Crippen LogP contribution is 2.20. The Morgan fingerprint density at radius 2 is 1.62 bits per heavy atom. The van der Waals surface area contributed by atoms with Gasteiger partial charge in [-0.1, -0.05) is 41.9 Å². The van der Waals surface area contributed by atoms with Crippen LogP contribution in [-0.4, -0.2) is 13.2 Å². The molecule has 0 amide bonds. The molecule has 21 heavy (non-hydrogen) atoms. The summed E-state index contributed by atoms with van der Waals surface area (Å²) in [4.78, 5) is 0. The van der Waals surface area contributed by atoms with Crippen molar-refractivity contribution in [2.45, 2.75) is 0 Å². The van der Waals surface area contributed by atoms with Crippen molar-refractivity contribution in [3.63, 3.8) is 0 Å². The summed E-state index contributed by atoms with van der Waals surface area (Å²) in [6, 6.07) is 22.1. The molecule has 1 N–H and O–H groups in total. The smallest absolute Gasteiger partial charge is 0.120 e. The van der Waals surface area contributed by atoms with E-state index in [0.29, 0.717) is 6.61 Å². The average molecular weight is 298 g/mol. The lowest BCUT2D eigenvalue weighted by molar-refractivity contribution is 0.333. The molecule has 0 spiro atoms. The van der Waals surface area contributed by atoms with E-state index in [-0.39, 0.29) is 0 Å². The number of benzene rings is 3. The van der Waals surface area contributed by atoms with Crippen LogP contribution in [0, 0.1) is 0 Å². The molecule has 0 aliphatic heterocycles. The van der Waals surface area contributed by atoms with Gasteiger partial charge in [-0.05, 0) is 47.2 Å². The van der Waals surface area contributed by atoms with Crippen LogP contribution in [-0.2, 0) is 0 Å². The molecule has 106 valence electrons. The van der Waals surface area contributed by atoms with Crippen LogP contribution < -0.4 is 10.1 Å². The summed E-state index contributed by atoms with van der Waals surface area (Å²) >= 11 is 5.85. The molecule has 3 heteroatoms. The summed E-state index contributed by atoms with van der Waals surface area (Å²) in [7, 11) is 0. The third-order valence-corrected chi connectivity index (χ3v) is 3.52. The number of fused-ring (bicyclic) bond motifs is 1. The highest BCUT2D eigenvalue weighted by Gasteiger charge is 1.97. The number of ether oxygens (including phenoxy) is 1. The minimum atomic E-state index is 0.612. The Balaban J connectivity index is 1.53. The van der Waals surface area contributed by atoms with Crippen molar-refractivity contribution in [2.24, 2.45) is 0 Å². The average Bonchev–Trinajstić information content (AvgIpc) is 2.53. The van der Waals surface area contributed by atoms with Crippen molar-refractivity contribution in [1.82, 2.24) is 0 Å². The third-order valence-electron chi connectivity index (χ3n) is 3.27. The van der Waals surface area contributed by atoms with E-state index in [1.165, 1.54) is 10.8 Å². The molecule has 0 bridgehead atoms. The summed E-state index contributed by atoms with van der Waals surface area (Å²) in [5.41, 5.74) is 1.04. The van der Waals surface area contributed by atoms with Crippen molar-refractivity contribution in [3.05, 3.63) is 71.8 Å². The Labute approximate surface area is 129 Å². The minimum absolute atomic E-state index is 0.612. The largest absolute Gasteiger partial charge is 0.492 e. The second-order valence-corrected chi connectivity index (χ2v) is 5.23. The predicted octanol–water partition coefficient (Wildman–Crippen LogP) is 4.98. The van der Waals surface area contributed by atoms with E-state index >= 15 is 0 Å². The Morgan fingerprint density at radius 1 is 0.857 bits per heavy atom. The van der Waals surface area contributed by atoms with Gasteiger partial charge in [-0.3, -0.25) is 0 Å². The molecular weight excluding hydrogens is 282 g/mol. The molecule has 0 fully saturated rings. The fraction of sp³-hybridized carbons (Fsp3) is 0.111. The lowest BCUT2D eigenvalue weighted by Crippen LogP contribution is -2.11. The number of hydrogen-bond acceptors (Lipinski definition) is 2. The SMILES string of the molecule is Clc1ccc(NCCOc2ccc3ccccc3c2)cc1. The molecule has 3 aromatic rings. The number of nitrogens with one attached hydrogen (secondary N) is 1. The van der Waals surface area contributed by atoms with E-state index in [1.807, 2.05) is 42.5 Å². The zero-order chi connectivity index (χ0) is 14.5. The number of rotatable bonds is 5. The second kappa shape index (κ2) is 6.51. The van der Waals surface area contributed by atoms with Crippen LogP contribution in [0.1, 0.15) is 0 Å². The standard InChI is InChI=1S/C18H16ClNO/c19-16-6-8-17(9-7-16)20-11-12-21-18-10-5-14-3-1-2-4-15(14)13-18/h1-10,13,20H,11-12H2. The van der Waals surface area contributed by atoms with Crippen molar-refractivity contribution in [2.75, 3.05) is 18.5 Å². The highest BCUT2D eigenvalue weighted by molar-refractivity contribution is 6.30. The monoisotopic (exact) mass is 297 g/mol. The van der Waals surface area contributed by atoms with E-state index in [1.54, 1.807) is 0 Å². The van der Waals surface area contributed by atoms with Crippen molar-refractivity contribution < 1.29 is 4.74 Å². The maximum Gasteiger partial charge on any atom is 0.120 e. The van der Waals surface area contributed by atoms with Gasteiger partial charge in [0, 0.05) is 17.3 Å². The van der Waals surface area contributed by atoms with Gasteiger partial charge in [0.1, 0.15) is 12.4 Å². The van der Waals surface area contributed by atoms with Crippen LogP contribution in [0.3, 0.4) is 0 Å². The van der Waals surface area contributed by atoms with E-state index in [0.717, 1.165) is 23.0 Å². The van der Waals surface area contributed by atoms with Crippen molar-refractivity contribution in [3.8, 4) is 5.75 Å². The van der Waals surface area contributed by atoms with E-state index in [2.05, 4.69) is 29.6 Å². The zero-order valence-corrected chi connectivity index (χ0v) is 12.3. The fourth-order valence-electron chi connectivity index (χ4n) is 2.19. The maximum atomic E-state index is 5.85. The molecule has 3 rings (SSSR count). The van der Waals surface area contributed by atoms with Crippen molar-refractivity contribution >= 4 is 28.1 Å². The lowest BCUT2D eigenvalue weighted by Gasteiger charge is -2.09. The van der Waals surface area contributed by atoms with Gasteiger partial charge in [0.05, 0.1) is 0 Å². The molecule has 0 saturated carbocycles. The van der Waals surface area contributed by atoms with Crippen LogP contribution in [0.4, 0.5) is 5.69 Å². The van der Waals surface area contributed by atoms with Crippen LogP contribution in [0.5, 0.6) is 5.75 Å². The van der Waals surface area contributed by atoms with Gasteiger partial charge >= 0.3 is 0 Å². The van der Waals surface area contributed by atoms with Crippen LogP contribution in [0.15, 0.2) is 66.7 Å². The van der Waals surface area contributed by atoms with Gasteiger partial charge in [-0.2, -0.15) is 0 Å². The summed E-state index contributed by atoms with van der Waals surface area (Å²) in [6.07, 6.45) is 0. The predicted molar refractivity (Wildman–Crippen MR) is 89.4 cm³/mol. The van der Waals surface area contributed by atoms with Crippen LogP contribution in [0.2, 0.25) is 5.02 Å². The van der Waals surface area contributed by atoms with Gasteiger partial charge in [0.25, 0.3) is 0 Å². The van der Waals surface area contributed by atoms with Gasteiger partial charge in [0.15, 0.2) is 0 Å². The van der Waals surface area contributed by atoms with Crippen molar-refractivity contribution in [1.29, 1.82) is 0 Å². The quantitative estimate of drug-likeness (QED) is 0.670. The Bertz CT molecular complexity index is 725. The summed E-state index contributed by atoms with van der Waals surface area (Å²) in [6.45, 7) is 1.36. The van der Waals surface area contributed by atoms with Crippen LogP contribution >= 0.6 is 11.6 Å². The minimum Gasteiger partial charge on any atom is -0.492 e. The number of halogens is 1. The third kappa shape index (κ3) is 3.67. The normalized spacial score (nSPS) is 10.5. The Morgan fingerprint density at radius 3 is 2.43 bits per heavy atom. The lowest BCUT2D eigenvalue weighted by atomic mass is 10.1. The van der Waals surface area contributed by atoms with Gasteiger partial charge < -0.3 is 10.1 Å². The Hall–Kier alpha value is -2.19. The van der Waals surface area contributed by atoms with E-state index < -0.39 is 0 Å².